The van der Waals surface area contributed by atoms with Crippen LogP contribution in [0.3, 0.4) is 0 Å². The first kappa shape index (κ1) is 12.1. The molecular weight excluding hydrogens is 267 g/mol. The van der Waals surface area contributed by atoms with Crippen LogP contribution in [-0.2, 0) is 4.79 Å². The minimum absolute atomic E-state index is 0.0180. The summed E-state index contributed by atoms with van der Waals surface area (Å²) < 4.78 is 0.710. The van der Waals surface area contributed by atoms with Gasteiger partial charge in [0.05, 0.1) is 12.0 Å². The van der Waals surface area contributed by atoms with E-state index in [-0.39, 0.29) is 11.7 Å². The molecule has 12 heavy (non-hydrogen) atoms. The van der Waals surface area contributed by atoms with Crippen molar-refractivity contribution in [2.45, 2.75) is 26.9 Å². The van der Waals surface area contributed by atoms with Gasteiger partial charge in [-0.2, -0.15) is 0 Å². The molecule has 0 aromatic rings. The number of hydrogen-bond donors (Lipinski definition) is 1. The summed E-state index contributed by atoms with van der Waals surface area (Å²) in [5, 5.41) is 9.64. The molecule has 0 aromatic heterocycles. The largest absolute Gasteiger partial charge is 0.392 e. The van der Waals surface area contributed by atoms with Crippen LogP contribution in [0.15, 0.2) is 10.2 Å². The van der Waals surface area contributed by atoms with Crippen LogP contribution in [0, 0.1) is 11.8 Å². The summed E-state index contributed by atoms with van der Waals surface area (Å²) in [6, 6.07) is 0. The van der Waals surface area contributed by atoms with E-state index in [1.54, 1.807) is 0 Å². The summed E-state index contributed by atoms with van der Waals surface area (Å²) in [5.74, 6) is -0.341. The highest BCUT2D eigenvalue weighted by Gasteiger charge is 2.27. The van der Waals surface area contributed by atoms with Crippen LogP contribution in [0.1, 0.15) is 20.8 Å². The van der Waals surface area contributed by atoms with E-state index < -0.39 is 12.0 Å². The molecule has 0 saturated heterocycles. The lowest BCUT2D eigenvalue weighted by molar-refractivity contribution is -0.123. The van der Waals surface area contributed by atoms with E-state index in [0.29, 0.717) is 3.58 Å². The Hall–Kier alpha value is 0.1000. The summed E-state index contributed by atoms with van der Waals surface area (Å²) in [7, 11) is 0. The standard InChI is InChI=1S/C9H15IO2/c1-5(2)9(12)8(6(3)10)7(4)11/h5,8-9,12H,3H2,1-2,4H3/t8-,9?/m0/s1. The zero-order chi connectivity index (χ0) is 9.89. The molecule has 0 aliphatic carbocycles. The number of hydrogen-bond acceptors (Lipinski definition) is 2. The van der Waals surface area contributed by atoms with Crippen LogP contribution in [0.2, 0.25) is 0 Å². The Labute approximate surface area is 87.2 Å². The number of carbonyl (C=O) groups excluding carboxylic acids is 1. The third-order valence-electron chi connectivity index (χ3n) is 1.80. The van der Waals surface area contributed by atoms with Gasteiger partial charge in [0.1, 0.15) is 5.78 Å². The second-order valence-corrected chi connectivity index (χ2v) is 4.66. The fourth-order valence-corrected chi connectivity index (χ4v) is 1.84. The van der Waals surface area contributed by atoms with Crippen molar-refractivity contribution in [2.24, 2.45) is 11.8 Å². The molecule has 1 N–H and O–H groups in total. The molecule has 0 fully saturated rings. The van der Waals surface area contributed by atoms with Gasteiger partial charge in [-0.15, -0.1) is 0 Å². The van der Waals surface area contributed by atoms with E-state index >= 15 is 0 Å². The van der Waals surface area contributed by atoms with Crippen molar-refractivity contribution in [3.8, 4) is 0 Å². The van der Waals surface area contributed by atoms with Gasteiger partial charge < -0.3 is 5.11 Å². The number of aliphatic hydroxyl groups is 1. The Kier molecular flexibility index (Phi) is 5.01. The minimum Gasteiger partial charge on any atom is -0.392 e. The van der Waals surface area contributed by atoms with Crippen molar-refractivity contribution in [2.75, 3.05) is 0 Å². The van der Waals surface area contributed by atoms with Crippen LogP contribution < -0.4 is 0 Å². The number of rotatable bonds is 4. The minimum atomic E-state index is -0.605. The van der Waals surface area contributed by atoms with Gasteiger partial charge in [0, 0.05) is 0 Å². The Bertz CT molecular complexity index is 173. The second-order valence-electron chi connectivity index (χ2n) is 3.27. The van der Waals surface area contributed by atoms with Crippen LogP contribution in [-0.4, -0.2) is 17.0 Å². The maximum Gasteiger partial charge on any atom is 0.140 e. The molecule has 0 aromatic carbocycles. The highest BCUT2D eigenvalue weighted by Crippen LogP contribution is 2.25. The van der Waals surface area contributed by atoms with E-state index in [4.69, 9.17) is 0 Å². The maximum atomic E-state index is 11.1. The van der Waals surface area contributed by atoms with Crippen LogP contribution in [0.4, 0.5) is 0 Å². The van der Waals surface area contributed by atoms with E-state index in [9.17, 15) is 9.90 Å². The molecule has 70 valence electrons. The molecule has 0 rings (SSSR count). The molecule has 0 spiro atoms. The predicted octanol–water partition coefficient (Wildman–Crippen LogP) is 2.16. The Morgan fingerprint density at radius 2 is 1.92 bits per heavy atom. The normalized spacial score (nSPS) is 15.8. The van der Waals surface area contributed by atoms with Gasteiger partial charge in [-0.25, -0.2) is 0 Å². The van der Waals surface area contributed by atoms with Crippen LogP contribution >= 0.6 is 22.6 Å². The van der Waals surface area contributed by atoms with Crippen LogP contribution in [0.5, 0.6) is 0 Å². The number of carbonyl (C=O) groups is 1. The van der Waals surface area contributed by atoms with Gasteiger partial charge in [-0.05, 0) is 39.0 Å². The summed E-state index contributed by atoms with van der Waals surface area (Å²) >= 11 is 1.99. The molecule has 2 nitrogen and oxygen atoms in total. The second kappa shape index (κ2) is 4.97. The molecule has 2 atom stereocenters. The van der Waals surface area contributed by atoms with Crippen molar-refractivity contribution in [3.05, 3.63) is 10.2 Å². The third kappa shape index (κ3) is 3.23. The quantitative estimate of drug-likeness (QED) is 0.802. The molecule has 0 heterocycles. The van der Waals surface area contributed by atoms with Crippen molar-refractivity contribution < 1.29 is 9.90 Å². The van der Waals surface area contributed by atoms with Crippen LogP contribution in [0.25, 0.3) is 0 Å². The molecule has 1 unspecified atom stereocenters. The van der Waals surface area contributed by atoms with Gasteiger partial charge in [0.15, 0.2) is 0 Å². The lowest BCUT2D eigenvalue weighted by atomic mass is 9.90. The van der Waals surface area contributed by atoms with Gasteiger partial charge in [0.2, 0.25) is 0 Å². The third-order valence-corrected chi connectivity index (χ3v) is 2.47. The smallest absolute Gasteiger partial charge is 0.140 e. The van der Waals surface area contributed by atoms with E-state index in [0.717, 1.165) is 0 Å². The molecule has 0 saturated carbocycles. The predicted molar refractivity (Wildman–Crippen MR) is 58.2 cm³/mol. The summed E-state index contributed by atoms with van der Waals surface area (Å²) in [6.07, 6.45) is -0.605. The summed E-state index contributed by atoms with van der Waals surface area (Å²) in [5.41, 5.74) is 0. The van der Waals surface area contributed by atoms with Gasteiger partial charge in [-0.1, -0.05) is 20.4 Å². The molecule has 0 amide bonds. The topological polar surface area (TPSA) is 37.3 Å². The fourth-order valence-electron chi connectivity index (χ4n) is 1.03. The van der Waals surface area contributed by atoms with E-state index in [1.807, 2.05) is 36.4 Å². The molecular formula is C9H15IO2. The number of ketones is 1. The van der Waals surface area contributed by atoms with E-state index in [2.05, 4.69) is 6.58 Å². The Morgan fingerprint density at radius 1 is 1.50 bits per heavy atom. The molecule has 0 radical (unpaired) electrons. The van der Waals surface area contributed by atoms with Gasteiger partial charge >= 0.3 is 0 Å². The zero-order valence-electron chi connectivity index (χ0n) is 7.67. The van der Waals surface area contributed by atoms with Gasteiger partial charge in [-0.3, -0.25) is 4.79 Å². The molecule has 0 bridgehead atoms. The lowest BCUT2D eigenvalue weighted by Crippen LogP contribution is -2.30. The molecule has 0 aliphatic rings. The number of halogens is 1. The average Bonchev–Trinajstić information content (AvgIpc) is 1.85. The molecule has 3 heteroatoms. The Morgan fingerprint density at radius 3 is 2.00 bits per heavy atom. The Balaban J connectivity index is 4.52. The first-order valence-corrected chi connectivity index (χ1v) is 4.98. The highest BCUT2D eigenvalue weighted by atomic mass is 127. The van der Waals surface area contributed by atoms with Crippen molar-refractivity contribution in [1.82, 2.24) is 0 Å². The monoisotopic (exact) mass is 282 g/mol. The zero-order valence-corrected chi connectivity index (χ0v) is 9.83. The van der Waals surface area contributed by atoms with Gasteiger partial charge in [0.25, 0.3) is 0 Å². The average molecular weight is 282 g/mol. The maximum absolute atomic E-state index is 11.1. The first-order valence-electron chi connectivity index (χ1n) is 3.90. The van der Waals surface area contributed by atoms with Crippen molar-refractivity contribution >= 4 is 28.4 Å². The lowest BCUT2D eigenvalue weighted by Gasteiger charge is -2.22. The number of aliphatic hydroxyl groups excluding tert-OH is 1. The summed E-state index contributed by atoms with van der Waals surface area (Å²) in [6.45, 7) is 8.95. The van der Waals surface area contributed by atoms with E-state index in [1.165, 1.54) is 6.92 Å². The summed E-state index contributed by atoms with van der Waals surface area (Å²) in [4.78, 5) is 11.1. The highest BCUT2D eigenvalue weighted by molar-refractivity contribution is 14.1. The first-order chi connectivity index (χ1) is 5.37. The van der Waals surface area contributed by atoms with Crippen molar-refractivity contribution in [1.29, 1.82) is 0 Å². The van der Waals surface area contributed by atoms with Crippen molar-refractivity contribution in [3.63, 3.8) is 0 Å². The SMILES string of the molecule is C=C(I)[C@@H](C(C)=O)C(O)C(C)C. The molecule has 0 aliphatic heterocycles. The number of Topliss-reactive ketones (excluding diaryl/α,β-unsaturated/α-hetero) is 1. The fraction of sp³-hybridized carbons (Fsp3) is 0.667.